The van der Waals surface area contributed by atoms with E-state index in [4.69, 9.17) is 0 Å². The number of amides is 1. The standard InChI is InChI=1S/C17H25NO/c1-13-8-14(2)10-16(9-13)11-17(19)18-12-15-6-4-3-5-7-15/h3-7,13-14,16H,8-12H2,1-2H3,(H,18,19)/t13-,14+,16?. The number of nitrogens with one attached hydrogen (secondary N) is 1. The molecule has 1 saturated carbocycles. The van der Waals surface area contributed by atoms with Crippen LogP contribution in [0, 0.1) is 17.8 Å². The van der Waals surface area contributed by atoms with Gasteiger partial charge in [-0.05, 0) is 42.6 Å². The van der Waals surface area contributed by atoms with Crippen LogP contribution in [0.1, 0.15) is 45.1 Å². The van der Waals surface area contributed by atoms with Crippen LogP contribution in [0.4, 0.5) is 0 Å². The highest BCUT2D eigenvalue weighted by atomic mass is 16.1. The Balaban J connectivity index is 1.75. The van der Waals surface area contributed by atoms with E-state index in [9.17, 15) is 4.79 Å². The third-order valence-corrected chi connectivity index (χ3v) is 4.08. The topological polar surface area (TPSA) is 29.1 Å². The Morgan fingerprint density at radius 3 is 2.37 bits per heavy atom. The largest absolute Gasteiger partial charge is 0.352 e. The van der Waals surface area contributed by atoms with E-state index in [1.54, 1.807) is 0 Å². The van der Waals surface area contributed by atoms with Crippen molar-refractivity contribution in [1.82, 2.24) is 5.32 Å². The molecule has 1 aliphatic rings. The molecule has 0 aromatic heterocycles. The van der Waals surface area contributed by atoms with Crippen LogP contribution in [0.15, 0.2) is 30.3 Å². The van der Waals surface area contributed by atoms with E-state index < -0.39 is 0 Å². The molecule has 2 heteroatoms. The zero-order valence-electron chi connectivity index (χ0n) is 12.1. The summed E-state index contributed by atoms with van der Waals surface area (Å²) in [6.07, 6.45) is 4.44. The Hall–Kier alpha value is -1.31. The van der Waals surface area contributed by atoms with Crippen LogP contribution in [-0.4, -0.2) is 5.91 Å². The smallest absolute Gasteiger partial charge is 0.220 e. The summed E-state index contributed by atoms with van der Waals surface area (Å²) in [5.41, 5.74) is 1.17. The van der Waals surface area contributed by atoms with E-state index in [0.717, 1.165) is 11.8 Å². The maximum atomic E-state index is 12.0. The van der Waals surface area contributed by atoms with Crippen molar-refractivity contribution in [2.45, 2.75) is 46.1 Å². The molecule has 104 valence electrons. The third kappa shape index (κ3) is 4.70. The van der Waals surface area contributed by atoms with Crippen LogP contribution in [0.2, 0.25) is 0 Å². The molecule has 1 fully saturated rings. The molecule has 1 amide bonds. The number of carbonyl (C=O) groups excluding carboxylic acids is 1. The van der Waals surface area contributed by atoms with Crippen LogP contribution in [0.5, 0.6) is 0 Å². The molecule has 1 aliphatic carbocycles. The maximum Gasteiger partial charge on any atom is 0.220 e. The Morgan fingerprint density at radius 1 is 1.11 bits per heavy atom. The van der Waals surface area contributed by atoms with Gasteiger partial charge in [0.1, 0.15) is 0 Å². The maximum absolute atomic E-state index is 12.0. The van der Waals surface area contributed by atoms with Crippen LogP contribution in [0.25, 0.3) is 0 Å². The normalized spacial score (nSPS) is 26.9. The molecule has 1 unspecified atom stereocenters. The first-order chi connectivity index (χ1) is 9.13. The van der Waals surface area contributed by atoms with Gasteiger partial charge in [-0.3, -0.25) is 4.79 Å². The minimum absolute atomic E-state index is 0.204. The van der Waals surface area contributed by atoms with Gasteiger partial charge in [-0.25, -0.2) is 0 Å². The van der Waals surface area contributed by atoms with Gasteiger partial charge in [-0.2, -0.15) is 0 Å². The fraction of sp³-hybridized carbons (Fsp3) is 0.588. The second-order valence-corrected chi connectivity index (χ2v) is 6.25. The van der Waals surface area contributed by atoms with Gasteiger partial charge < -0.3 is 5.32 Å². The molecule has 2 rings (SSSR count). The van der Waals surface area contributed by atoms with Crippen molar-refractivity contribution >= 4 is 5.91 Å². The van der Waals surface area contributed by atoms with Crippen LogP contribution < -0.4 is 5.32 Å². The summed E-state index contributed by atoms with van der Waals surface area (Å²) in [6, 6.07) is 10.1. The van der Waals surface area contributed by atoms with Crippen molar-refractivity contribution in [2.75, 3.05) is 0 Å². The second-order valence-electron chi connectivity index (χ2n) is 6.25. The fourth-order valence-electron chi connectivity index (χ4n) is 3.41. The first-order valence-electron chi connectivity index (χ1n) is 7.44. The molecule has 0 heterocycles. The molecule has 0 bridgehead atoms. The predicted molar refractivity (Wildman–Crippen MR) is 78.6 cm³/mol. The number of hydrogen-bond acceptors (Lipinski definition) is 1. The predicted octanol–water partition coefficient (Wildman–Crippen LogP) is 3.77. The molecule has 1 aromatic carbocycles. The first kappa shape index (κ1) is 14.1. The first-order valence-corrected chi connectivity index (χ1v) is 7.44. The minimum atomic E-state index is 0.204. The van der Waals surface area contributed by atoms with E-state index in [2.05, 4.69) is 19.2 Å². The molecule has 0 radical (unpaired) electrons. The van der Waals surface area contributed by atoms with Gasteiger partial charge in [0, 0.05) is 13.0 Å². The fourth-order valence-corrected chi connectivity index (χ4v) is 3.41. The molecular weight excluding hydrogens is 234 g/mol. The monoisotopic (exact) mass is 259 g/mol. The summed E-state index contributed by atoms with van der Waals surface area (Å²) in [6.45, 7) is 5.27. The van der Waals surface area contributed by atoms with Gasteiger partial charge in [0.05, 0.1) is 0 Å². The van der Waals surface area contributed by atoms with Gasteiger partial charge in [-0.15, -0.1) is 0 Å². The van der Waals surface area contributed by atoms with Crippen LogP contribution in [-0.2, 0) is 11.3 Å². The summed E-state index contributed by atoms with van der Waals surface area (Å²) in [5.74, 6) is 2.33. The van der Waals surface area contributed by atoms with Crippen molar-refractivity contribution < 1.29 is 4.79 Å². The summed E-state index contributed by atoms with van der Waals surface area (Å²) in [5, 5.41) is 3.04. The molecular formula is C17H25NO. The second kappa shape index (κ2) is 6.74. The number of rotatable bonds is 4. The van der Waals surface area contributed by atoms with E-state index >= 15 is 0 Å². The average molecular weight is 259 g/mol. The average Bonchev–Trinajstić information content (AvgIpc) is 2.36. The van der Waals surface area contributed by atoms with Gasteiger partial charge >= 0.3 is 0 Å². The zero-order valence-corrected chi connectivity index (χ0v) is 12.1. The zero-order chi connectivity index (χ0) is 13.7. The lowest BCUT2D eigenvalue weighted by Gasteiger charge is -2.31. The summed E-state index contributed by atoms with van der Waals surface area (Å²) >= 11 is 0. The molecule has 0 spiro atoms. The molecule has 0 saturated heterocycles. The van der Waals surface area contributed by atoms with Crippen LogP contribution >= 0.6 is 0 Å². The summed E-state index contributed by atoms with van der Waals surface area (Å²) in [4.78, 5) is 12.0. The SMILES string of the molecule is C[C@@H]1CC(CC(=O)NCc2ccccc2)C[C@H](C)C1. The molecule has 2 nitrogen and oxygen atoms in total. The molecule has 19 heavy (non-hydrogen) atoms. The van der Waals surface area contributed by atoms with E-state index in [0.29, 0.717) is 18.9 Å². The van der Waals surface area contributed by atoms with Crippen molar-refractivity contribution in [3.63, 3.8) is 0 Å². The number of carbonyl (C=O) groups is 1. The lowest BCUT2D eigenvalue weighted by Crippen LogP contribution is -2.28. The van der Waals surface area contributed by atoms with Crippen molar-refractivity contribution in [3.8, 4) is 0 Å². The summed E-state index contributed by atoms with van der Waals surface area (Å²) < 4.78 is 0. The van der Waals surface area contributed by atoms with Crippen molar-refractivity contribution in [3.05, 3.63) is 35.9 Å². The molecule has 3 atom stereocenters. The van der Waals surface area contributed by atoms with Gasteiger partial charge in [0.2, 0.25) is 5.91 Å². The Bertz CT molecular complexity index is 391. The van der Waals surface area contributed by atoms with Crippen molar-refractivity contribution in [1.29, 1.82) is 0 Å². The van der Waals surface area contributed by atoms with Gasteiger partial charge in [-0.1, -0.05) is 44.2 Å². The molecule has 1 N–H and O–H groups in total. The highest BCUT2D eigenvalue weighted by molar-refractivity contribution is 5.76. The van der Waals surface area contributed by atoms with Gasteiger partial charge in [0.25, 0.3) is 0 Å². The summed E-state index contributed by atoms with van der Waals surface area (Å²) in [7, 11) is 0. The lowest BCUT2D eigenvalue weighted by atomic mass is 9.75. The minimum Gasteiger partial charge on any atom is -0.352 e. The number of benzene rings is 1. The molecule has 0 aliphatic heterocycles. The van der Waals surface area contributed by atoms with Gasteiger partial charge in [0.15, 0.2) is 0 Å². The lowest BCUT2D eigenvalue weighted by molar-refractivity contribution is -0.122. The highest BCUT2D eigenvalue weighted by Gasteiger charge is 2.25. The van der Waals surface area contributed by atoms with E-state index in [1.165, 1.54) is 24.8 Å². The molecule has 1 aromatic rings. The van der Waals surface area contributed by atoms with Crippen molar-refractivity contribution in [2.24, 2.45) is 17.8 Å². The quantitative estimate of drug-likeness (QED) is 0.876. The Labute approximate surface area is 116 Å². The van der Waals surface area contributed by atoms with E-state index in [-0.39, 0.29) is 5.91 Å². The highest BCUT2D eigenvalue weighted by Crippen LogP contribution is 2.34. The Kier molecular flexibility index (Phi) is 5.00. The Morgan fingerprint density at radius 2 is 1.74 bits per heavy atom. The van der Waals surface area contributed by atoms with E-state index in [1.807, 2.05) is 30.3 Å². The third-order valence-electron chi connectivity index (χ3n) is 4.08. The number of hydrogen-bond donors (Lipinski definition) is 1. The van der Waals surface area contributed by atoms with Crippen LogP contribution in [0.3, 0.4) is 0 Å².